The minimum Gasteiger partial charge on any atom is -0.481 e. The summed E-state index contributed by atoms with van der Waals surface area (Å²) in [5.74, 6) is 0.294. The lowest BCUT2D eigenvalue weighted by Gasteiger charge is -1.96. The molecule has 0 atom stereocenters. The topological polar surface area (TPSA) is 62.6 Å². The number of thiazole rings is 1. The summed E-state index contributed by atoms with van der Waals surface area (Å²) < 4.78 is 5.16. The van der Waals surface area contributed by atoms with Gasteiger partial charge in [-0.15, -0.1) is 11.3 Å². The van der Waals surface area contributed by atoms with E-state index in [1.165, 1.54) is 18.4 Å². The van der Waals surface area contributed by atoms with Gasteiger partial charge in [-0.05, 0) is 6.92 Å². The SMILES string of the molecule is COc1nc(C)sc1B(O)O. The van der Waals surface area contributed by atoms with E-state index in [-0.39, 0.29) is 0 Å². The molecule has 0 saturated carbocycles. The molecule has 0 fully saturated rings. The van der Waals surface area contributed by atoms with Crippen LogP contribution >= 0.6 is 11.3 Å². The van der Waals surface area contributed by atoms with Crippen molar-refractivity contribution in [1.82, 2.24) is 4.98 Å². The van der Waals surface area contributed by atoms with E-state index in [2.05, 4.69) is 4.98 Å². The van der Waals surface area contributed by atoms with Gasteiger partial charge in [-0.1, -0.05) is 0 Å². The van der Waals surface area contributed by atoms with Crippen LogP contribution < -0.4 is 9.51 Å². The molecule has 0 radical (unpaired) electrons. The predicted octanol–water partition coefficient (Wildman–Crippen LogP) is -0.860. The van der Waals surface area contributed by atoms with Gasteiger partial charge in [0, 0.05) is 0 Å². The van der Waals surface area contributed by atoms with E-state index in [1.807, 2.05) is 0 Å². The summed E-state index contributed by atoms with van der Waals surface area (Å²) in [5, 5.41) is 18.3. The van der Waals surface area contributed by atoms with Crippen molar-refractivity contribution >= 4 is 23.2 Å². The molecule has 0 spiro atoms. The third-order valence-electron chi connectivity index (χ3n) is 1.16. The normalized spacial score (nSPS) is 9.82. The molecule has 1 aromatic rings. The lowest BCUT2D eigenvalue weighted by atomic mass is 9.90. The maximum Gasteiger partial charge on any atom is 0.504 e. The molecular formula is C5H8BNO3S. The van der Waals surface area contributed by atoms with Crippen LogP contribution in [0, 0.1) is 6.92 Å². The highest BCUT2D eigenvalue weighted by atomic mass is 32.1. The monoisotopic (exact) mass is 173 g/mol. The summed E-state index contributed by atoms with van der Waals surface area (Å²) in [6, 6.07) is 0. The second-order valence-corrected chi connectivity index (χ2v) is 3.21. The molecule has 1 heterocycles. The zero-order valence-corrected chi connectivity index (χ0v) is 7.05. The number of hydrogen-bond acceptors (Lipinski definition) is 5. The van der Waals surface area contributed by atoms with Gasteiger partial charge in [0.2, 0.25) is 5.88 Å². The largest absolute Gasteiger partial charge is 0.504 e. The molecule has 0 amide bonds. The average molecular weight is 173 g/mol. The fraction of sp³-hybridized carbons (Fsp3) is 0.400. The number of aryl methyl sites for hydroxylation is 1. The van der Waals surface area contributed by atoms with Crippen LogP contribution in [0.4, 0.5) is 0 Å². The molecule has 0 bridgehead atoms. The maximum absolute atomic E-state index is 8.79. The van der Waals surface area contributed by atoms with E-state index in [0.717, 1.165) is 5.01 Å². The minimum absolute atomic E-state index is 0.294. The molecular weight excluding hydrogens is 165 g/mol. The smallest absolute Gasteiger partial charge is 0.481 e. The second kappa shape index (κ2) is 3.21. The van der Waals surface area contributed by atoms with Crippen molar-refractivity contribution in [2.75, 3.05) is 7.11 Å². The number of nitrogens with zero attached hydrogens (tertiary/aromatic N) is 1. The zero-order chi connectivity index (χ0) is 8.43. The highest BCUT2D eigenvalue weighted by molar-refractivity contribution is 7.22. The van der Waals surface area contributed by atoms with Crippen molar-refractivity contribution in [3.8, 4) is 5.88 Å². The molecule has 4 nitrogen and oxygen atoms in total. The van der Waals surface area contributed by atoms with Gasteiger partial charge in [0.1, 0.15) is 0 Å². The van der Waals surface area contributed by atoms with E-state index < -0.39 is 7.12 Å². The Bertz CT molecular complexity index is 250. The molecule has 0 aliphatic heterocycles. The van der Waals surface area contributed by atoms with Crippen LogP contribution in [0.2, 0.25) is 0 Å². The first-order valence-electron chi connectivity index (χ1n) is 3.02. The minimum atomic E-state index is -1.49. The van der Waals surface area contributed by atoms with E-state index in [4.69, 9.17) is 14.8 Å². The van der Waals surface area contributed by atoms with Crippen molar-refractivity contribution in [2.24, 2.45) is 0 Å². The summed E-state index contributed by atoms with van der Waals surface area (Å²) in [6.07, 6.45) is 0. The number of methoxy groups -OCH3 is 1. The van der Waals surface area contributed by atoms with Gasteiger partial charge in [0.25, 0.3) is 0 Å². The lowest BCUT2D eigenvalue weighted by molar-refractivity contribution is 0.394. The summed E-state index contributed by atoms with van der Waals surface area (Å²) in [7, 11) is -0.0449. The molecule has 0 saturated heterocycles. The van der Waals surface area contributed by atoms with Gasteiger partial charge in [-0.2, -0.15) is 0 Å². The van der Waals surface area contributed by atoms with Gasteiger partial charge in [0.05, 0.1) is 16.9 Å². The Morgan fingerprint density at radius 3 is 2.55 bits per heavy atom. The van der Waals surface area contributed by atoms with Crippen LogP contribution in [0.1, 0.15) is 5.01 Å². The van der Waals surface area contributed by atoms with Crippen molar-refractivity contribution in [2.45, 2.75) is 6.92 Å². The maximum atomic E-state index is 8.79. The molecule has 0 aromatic carbocycles. The van der Waals surface area contributed by atoms with Gasteiger partial charge in [-0.25, -0.2) is 4.98 Å². The number of ether oxygens (including phenoxy) is 1. The Kier molecular flexibility index (Phi) is 2.48. The summed E-state index contributed by atoms with van der Waals surface area (Å²) in [4.78, 5) is 3.93. The van der Waals surface area contributed by atoms with Crippen molar-refractivity contribution in [1.29, 1.82) is 0 Å². The first kappa shape index (κ1) is 8.51. The summed E-state index contributed by atoms with van der Waals surface area (Å²) in [6.45, 7) is 1.78. The van der Waals surface area contributed by atoms with Crippen LogP contribution in [0.3, 0.4) is 0 Å². The average Bonchev–Trinajstić information content (AvgIpc) is 2.30. The third kappa shape index (κ3) is 1.71. The Hall–Kier alpha value is -0.585. The van der Waals surface area contributed by atoms with Crippen LogP contribution in [0.15, 0.2) is 0 Å². The van der Waals surface area contributed by atoms with Gasteiger partial charge >= 0.3 is 7.12 Å². The Morgan fingerprint density at radius 2 is 2.18 bits per heavy atom. The summed E-state index contributed by atoms with van der Waals surface area (Å²) in [5.41, 5.74) is 0. The second-order valence-electron chi connectivity index (χ2n) is 1.98. The van der Waals surface area contributed by atoms with Crippen LogP contribution in [0.5, 0.6) is 5.88 Å². The quantitative estimate of drug-likeness (QED) is 0.571. The third-order valence-corrected chi connectivity index (χ3v) is 2.15. The number of aromatic nitrogens is 1. The zero-order valence-electron chi connectivity index (χ0n) is 6.24. The van der Waals surface area contributed by atoms with Gasteiger partial charge in [0.15, 0.2) is 0 Å². The molecule has 0 aliphatic carbocycles. The highest BCUT2D eigenvalue weighted by Crippen LogP contribution is 2.12. The molecule has 2 N–H and O–H groups in total. The number of rotatable bonds is 2. The van der Waals surface area contributed by atoms with E-state index in [0.29, 0.717) is 10.7 Å². The molecule has 11 heavy (non-hydrogen) atoms. The van der Waals surface area contributed by atoms with Crippen molar-refractivity contribution in [3.05, 3.63) is 5.01 Å². The summed E-state index contributed by atoms with van der Waals surface area (Å²) >= 11 is 1.21. The van der Waals surface area contributed by atoms with Crippen LogP contribution in [-0.4, -0.2) is 29.3 Å². The Balaban J connectivity index is 3.02. The lowest BCUT2D eigenvalue weighted by Crippen LogP contribution is -2.28. The van der Waals surface area contributed by atoms with Crippen LogP contribution in [0.25, 0.3) is 0 Å². The van der Waals surface area contributed by atoms with E-state index >= 15 is 0 Å². The fourth-order valence-corrected chi connectivity index (χ4v) is 1.50. The Morgan fingerprint density at radius 1 is 1.55 bits per heavy atom. The molecule has 0 unspecified atom stereocenters. The molecule has 60 valence electrons. The molecule has 6 heteroatoms. The highest BCUT2D eigenvalue weighted by Gasteiger charge is 2.21. The number of hydrogen-bond donors (Lipinski definition) is 2. The van der Waals surface area contributed by atoms with Gasteiger partial charge < -0.3 is 14.8 Å². The van der Waals surface area contributed by atoms with Crippen molar-refractivity contribution < 1.29 is 14.8 Å². The van der Waals surface area contributed by atoms with Crippen LogP contribution in [-0.2, 0) is 0 Å². The fourth-order valence-electron chi connectivity index (χ4n) is 0.733. The first-order chi connectivity index (χ1) is 5.15. The first-order valence-corrected chi connectivity index (χ1v) is 3.84. The predicted molar refractivity (Wildman–Crippen MR) is 43.2 cm³/mol. The molecule has 0 aliphatic rings. The van der Waals surface area contributed by atoms with E-state index in [9.17, 15) is 0 Å². The standard InChI is InChI=1S/C5H8BNO3S/c1-3-7-5(10-2)4(11-3)6(8)9/h8-9H,1-2H3. The Labute approximate surface area is 68.6 Å². The molecule has 1 rings (SSSR count). The van der Waals surface area contributed by atoms with E-state index in [1.54, 1.807) is 6.92 Å². The molecule has 1 aromatic heterocycles. The van der Waals surface area contributed by atoms with Gasteiger partial charge in [-0.3, -0.25) is 0 Å². The van der Waals surface area contributed by atoms with Crippen molar-refractivity contribution in [3.63, 3.8) is 0 Å².